The van der Waals surface area contributed by atoms with Crippen molar-refractivity contribution < 1.29 is 9.13 Å². The van der Waals surface area contributed by atoms with E-state index in [0.717, 1.165) is 25.3 Å². The largest absolute Gasteiger partial charge is 0.371 e. The van der Waals surface area contributed by atoms with Crippen molar-refractivity contribution in [1.29, 1.82) is 0 Å². The minimum absolute atomic E-state index is 0.0589. The molecule has 0 radical (unpaired) electrons. The fourth-order valence-corrected chi connectivity index (χ4v) is 2.14. The van der Waals surface area contributed by atoms with Crippen molar-refractivity contribution in [1.82, 2.24) is 4.90 Å². The number of hydrogen-bond donors (Lipinski definition) is 0. The zero-order chi connectivity index (χ0) is 12.5. The summed E-state index contributed by atoms with van der Waals surface area (Å²) in [6, 6.07) is 6.61. The summed E-state index contributed by atoms with van der Waals surface area (Å²) in [6.07, 6.45) is 0.0589. The Balaban J connectivity index is 2.09. The second-order valence-corrected chi connectivity index (χ2v) is 5.53. The third kappa shape index (κ3) is 3.05. The Labute approximate surface area is 102 Å². The maximum atomic E-state index is 12.9. The molecule has 0 spiro atoms. The maximum Gasteiger partial charge on any atom is 0.123 e. The molecule has 0 saturated carbocycles. The summed E-state index contributed by atoms with van der Waals surface area (Å²) >= 11 is 0. The van der Waals surface area contributed by atoms with Crippen molar-refractivity contribution in [3.63, 3.8) is 0 Å². The number of hydrogen-bond acceptors (Lipinski definition) is 2. The molecule has 2 rings (SSSR count). The zero-order valence-corrected chi connectivity index (χ0v) is 10.7. The molecule has 1 aliphatic rings. The second kappa shape index (κ2) is 4.75. The monoisotopic (exact) mass is 237 g/mol. The summed E-state index contributed by atoms with van der Waals surface area (Å²) < 4.78 is 18.6. The Morgan fingerprint density at radius 2 is 1.88 bits per heavy atom. The first-order valence-electron chi connectivity index (χ1n) is 6.09. The summed E-state index contributed by atoms with van der Waals surface area (Å²) in [6.45, 7) is 9.19. The molecule has 0 bridgehead atoms. The quantitative estimate of drug-likeness (QED) is 0.744. The van der Waals surface area contributed by atoms with E-state index in [-0.39, 0.29) is 17.5 Å². The van der Waals surface area contributed by atoms with E-state index in [2.05, 4.69) is 25.7 Å². The number of rotatable bonds is 1. The van der Waals surface area contributed by atoms with E-state index < -0.39 is 0 Å². The average Bonchev–Trinajstić information content (AvgIpc) is 2.29. The summed E-state index contributed by atoms with van der Waals surface area (Å²) in [7, 11) is 0. The van der Waals surface area contributed by atoms with Crippen molar-refractivity contribution in [2.24, 2.45) is 0 Å². The third-order valence-electron chi connectivity index (χ3n) is 3.26. The zero-order valence-electron chi connectivity index (χ0n) is 10.7. The van der Waals surface area contributed by atoms with Crippen molar-refractivity contribution in [2.75, 3.05) is 19.7 Å². The topological polar surface area (TPSA) is 12.5 Å². The standard InChI is InChI=1S/C14H20FNO/c1-14(2,3)16-8-9-17-13(10-16)11-4-6-12(15)7-5-11/h4-7,13H,8-10H2,1-3H3. The van der Waals surface area contributed by atoms with Gasteiger partial charge in [0.25, 0.3) is 0 Å². The van der Waals surface area contributed by atoms with Crippen LogP contribution in [0.4, 0.5) is 4.39 Å². The molecule has 17 heavy (non-hydrogen) atoms. The van der Waals surface area contributed by atoms with Crippen LogP contribution in [-0.4, -0.2) is 30.1 Å². The van der Waals surface area contributed by atoms with E-state index in [1.165, 1.54) is 12.1 Å². The van der Waals surface area contributed by atoms with Crippen LogP contribution in [0.5, 0.6) is 0 Å². The lowest BCUT2D eigenvalue weighted by Crippen LogP contribution is -2.48. The molecule has 1 heterocycles. The highest BCUT2D eigenvalue weighted by Crippen LogP contribution is 2.26. The van der Waals surface area contributed by atoms with Gasteiger partial charge in [0, 0.05) is 18.6 Å². The van der Waals surface area contributed by atoms with Crippen LogP contribution in [0, 0.1) is 5.82 Å². The van der Waals surface area contributed by atoms with Crippen LogP contribution in [0.25, 0.3) is 0 Å². The number of morpholine rings is 1. The molecule has 0 N–H and O–H groups in total. The van der Waals surface area contributed by atoms with Gasteiger partial charge in [-0.25, -0.2) is 4.39 Å². The first kappa shape index (κ1) is 12.5. The van der Waals surface area contributed by atoms with Crippen LogP contribution in [0.2, 0.25) is 0 Å². The lowest BCUT2D eigenvalue weighted by Gasteiger charge is -2.41. The minimum atomic E-state index is -0.197. The predicted octanol–water partition coefficient (Wildman–Crippen LogP) is 3.00. The van der Waals surface area contributed by atoms with Gasteiger partial charge in [0.1, 0.15) is 5.82 Å². The van der Waals surface area contributed by atoms with Crippen LogP contribution in [0.15, 0.2) is 24.3 Å². The van der Waals surface area contributed by atoms with Gasteiger partial charge >= 0.3 is 0 Å². The van der Waals surface area contributed by atoms with Crippen molar-refractivity contribution in [3.8, 4) is 0 Å². The molecule has 1 saturated heterocycles. The van der Waals surface area contributed by atoms with Gasteiger partial charge in [0.2, 0.25) is 0 Å². The number of halogens is 1. The van der Waals surface area contributed by atoms with E-state index in [9.17, 15) is 4.39 Å². The Morgan fingerprint density at radius 1 is 1.24 bits per heavy atom. The van der Waals surface area contributed by atoms with Gasteiger partial charge in [-0.3, -0.25) is 4.90 Å². The molecule has 2 nitrogen and oxygen atoms in total. The van der Waals surface area contributed by atoms with Crippen LogP contribution >= 0.6 is 0 Å². The van der Waals surface area contributed by atoms with Crippen LogP contribution < -0.4 is 0 Å². The highest BCUT2D eigenvalue weighted by molar-refractivity contribution is 5.19. The third-order valence-corrected chi connectivity index (χ3v) is 3.26. The van der Waals surface area contributed by atoms with Crippen molar-refractivity contribution in [3.05, 3.63) is 35.6 Å². The lowest BCUT2D eigenvalue weighted by molar-refractivity contribution is -0.0596. The number of nitrogens with zero attached hydrogens (tertiary/aromatic N) is 1. The summed E-state index contributed by atoms with van der Waals surface area (Å²) in [5, 5.41) is 0. The van der Waals surface area contributed by atoms with Gasteiger partial charge in [0.15, 0.2) is 0 Å². The molecule has 0 amide bonds. The van der Waals surface area contributed by atoms with E-state index in [1.54, 1.807) is 0 Å². The molecular weight excluding hydrogens is 217 g/mol. The van der Waals surface area contributed by atoms with Gasteiger partial charge in [-0.05, 0) is 38.5 Å². The Kier molecular flexibility index (Phi) is 3.50. The second-order valence-electron chi connectivity index (χ2n) is 5.53. The molecule has 1 aromatic carbocycles. The highest BCUT2D eigenvalue weighted by Gasteiger charge is 2.28. The first-order valence-corrected chi connectivity index (χ1v) is 6.09. The molecule has 1 aliphatic heterocycles. The van der Waals surface area contributed by atoms with E-state index in [4.69, 9.17) is 4.74 Å². The Bertz CT molecular complexity index is 369. The predicted molar refractivity (Wildman–Crippen MR) is 66.4 cm³/mol. The lowest BCUT2D eigenvalue weighted by atomic mass is 10.0. The molecular formula is C14H20FNO. The number of benzene rings is 1. The Hall–Kier alpha value is -0.930. The van der Waals surface area contributed by atoms with E-state index >= 15 is 0 Å². The molecule has 1 unspecified atom stereocenters. The van der Waals surface area contributed by atoms with Gasteiger partial charge in [-0.1, -0.05) is 12.1 Å². The van der Waals surface area contributed by atoms with Gasteiger partial charge in [0.05, 0.1) is 12.7 Å². The maximum absolute atomic E-state index is 12.9. The molecule has 0 aliphatic carbocycles. The molecule has 1 fully saturated rings. The molecule has 0 aromatic heterocycles. The normalized spacial score (nSPS) is 22.7. The van der Waals surface area contributed by atoms with Crippen LogP contribution in [0.3, 0.4) is 0 Å². The number of ether oxygens (including phenoxy) is 1. The van der Waals surface area contributed by atoms with Gasteiger partial charge < -0.3 is 4.74 Å². The van der Waals surface area contributed by atoms with E-state index in [1.807, 2.05) is 12.1 Å². The van der Waals surface area contributed by atoms with Crippen LogP contribution in [-0.2, 0) is 4.74 Å². The average molecular weight is 237 g/mol. The van der Waals surface area contributed by atoms with E-state index in [0.29, 0.717) is 0 Å². The molecule has 94 valence electrons. The SMILES string of the molecule is CC(C)(C)N1CCOC(c2ccc(F)cc2)C1. The fourth-order valence-electron chi connectivity index (χ4n) is 2.14. The summed E-state index contributed by atoms with van der Waals surface area (Å²) in [5.41, 5.74) is 1.21. The summed E-state index contributed by atoms with van der Waals surface area (Å²) in [4.78, 5) is 2.41. The van der Waals surface area contributed by atoms with Crippen molar-refractivity contribution in [2.45, 2.75) is 32.4 Å². The minimum Gasteiger partial charge on any atom is -0.371 e. The Morgan fingerprint density at radius 3 is 2.47 bits per heavy atom. The fraction of sp³-hybridized carbons (Fsp3) is 0.571. The smallest absolute Gasteiger partial charge is 0.123 e. The highest BCUT2D eigenvalue weighted by atomic mass is 19.1. The summed E-state index contributed by atoms with van der Waals surface area (Å²) in [5.74, 6) is -0.197. The van der Waals surface area contributed by atoms with Crippen LogP contribution in [0.1, 0.15) is 32.4 Å². The molecule has 1 atom stereocenters. The van der Waals surface area contributed by atoms with Gasteiger partial charge in [-0.15, -0.1) is 0 Å². The first-order chi connectivity index (χ1) is 7.97. The molecule has 3 heteroatoms. The van der Waals surface area contributed by atoms with Crippen molar-refractivity contribution >= 4 is 0 Å². The van der Waals surface area contributed by atoms with Gasteiger partial charge in [-0.2, -0.15) is 0 Å². The molecule has 1 aromatic rings.